The maximum Gasteiger partial charge on any atom is 0.306 e. The van der Waals surface area contributed by atoms with E-state index < -0.39 is 0 Å². The maximum absolute atomic E-state index is 11.6. The fraction of sp³-hybridized carbons (Fsp3) is 0.529. The zero-order chi connectivity index (χ0) is 16.7. The van der Waals surface area contributed by atoms with E-state index in [1.54, 1.807) is 0 Å². The Bertz CT molecular complexity index is 568. The second kappa shape index (κ2) is 8.41. The van der Waals surface area contributed by atoms with E-state index >= 15 is 0 Å². The molecule has 4 N–H and O–H groups in total. The highest BCUT2D eigenvalue weighted by Crippen LogP contribution is 2.30. The number of carbonyl (C=O) groups is 1. The summed E-state index contributed by atoms with van der Waals surface area (Å²) in [5.41, 5.74) is 13.1. The minimum atomic E-state index is -0.0966. The number of aryl methyl sites for hydroxylation is 1. The first-order valence-electron chi connectivity index (χ1n) is 8.04. The smallest absolute Gasteiger partial charge is 0.306 e. The summed E-state index contributed by atoms with van der Waals surface area (Å²) in [4.78, 5) is 15.5. The monoisotopic (exact) mass is 319 g/mol. The molecule has 1 aliphatic rings. The fourth-order valence-electron chi connectivity index (χ4n) is 2.86. The molecule has 126 valence electrons. The van der Waals surface area contributed by atoms with Crippen LogP contribution in [0.3, 0.4) is 0 Å². The third-order valence-corrected chi connectivity index (χ3v) is 3.92. The van der Waals surface area contributed by atoms with Gasteiger partial charge < -0.3 is 20.9 Å². The fourth-order valence-corrected chi connectivity index (χ4v) is 2.86. The normalized spacial score (nSPS) is 16.3. The highest BCUT2D eigenvalue weighted by Gasteiger charge is 2.22. The highest BCUT2D eigenvalue weighted by atomic mass is 16.5. The van der Waals surface area contributed by atoms with Crippen LogP contribution in [0.2, 0.25) is 0 Å². The first-order valence-corrected chi connectivity index (χ1v) is 8.04. The highest BCUT2D eigenvalue weighted by molar-refractivity contribution is 5.75. The van der Waals surface area contributed by atoms with Gasteiger partial charge in [-0.15, -0.1) is 0 Å². The van der Waals surface area contributed by atoms with Crippen LogP contribution in [-0.4, -0.2) is 31.7 Å². The molecule has 0 fully saturated rings. The molecule has 1 atom stereocenters. The lowest BCUT2D eigenvalue weighted by Crippen LogP contribution is -2.23. The van der Waals surface area contributed by atoms with Gasteiger partial charge in [-0.1, -0.05) is 6.07 Å². The van der Waals surface area contributed by atoms with E-state index in [2.05, 4.69) is 17.1 Å². The van der Waals surface area contributed by atoms with E-state index in [4.69, 9.17) is 20.9 Å². The van der Waals surface area contributed by atoms with E-state index in [1.807, 2.05) is 13.0 Å². The van der Waals surface area contributed by atoms with Crippen molar-refractivity contribution < 1.29 is 14.3 Å². The number of ether oxygens (including phenoxy) is 2. The molecule has 0 spiro atoms. The second-order valence-electron chi connectivity index (χ2n) is 5.70. The molecule has 1 aromatic carbocycles. The first kappa shape index (κ1) is 17.1. The van der Waals surface area contributed by atoms with Crippen LogP contribution in [0, 0.1) is 5.92 Å². The first-order chi connectivity index (χ1) is 11.1. The van der Waals surface area contributed by atoms with Crippen LogP contribution in [0.25, 0.3) is 0 Å². The van der Waals surface area contributed by atoms with Gasteiger partial charge in [0.15, 0.2) is 5.96 Å². The molecule has 1 aliphatic carbocycles. The summed E-state index contributed by atoms with van der Waals surface area (Å²) < 4.78 is 10.7. The minimum absolute atomic E-state index is 0.0756. The second-order valence-corrected chi connectivity index (χ2v) is 5.70. The van der Waals surface area contributed by atoms with Crippen molar-refractivity contribution in [1.82, 2.24) is 0 Å². The molecule has 0 aromatic heterocycles. The number of rotatable bonds is 7. The number of nitrogens with two attached hydrogens (primary N) is 2. The molecule has 6 nitrogen and oxygen atoms in total. The Kier molecular flexibility index (Phi) is 6.26. The topological polar surface area (TPSA) is 99.9 Å². The van der Waals surface area contributed by atoms with Crippen LogP contribution in [-0.2, 0) is 22.4 Å². The summed E-state index contributed by atoms with van der Waals surface area (Å²) in [5.74, 6) is 1.18. The van der Waals surface area contributed by atoms with Crippen molar-refractivity contribution in [2.45, 2.75) is 32.6 Å². The van der Waals surface area contributed by atoms with Crippen molar-refractivity contribution in [2.75, 3.05) is 19.8 Å². The lowest BCUT2D eigenvalue weighted by Gasteiger charge is -2.24. The van der Waals surface area contributed by atoms with E-state index in [0.717, 1.165) is 25.0 Å². The summed E-state index contributed by atoms with van der Waals surface area (Å²) in [6.45, 7) is 3.18. The molecule has 1 aromatic rings. The molecule has 0 aliphatic heterocycles. The number of fused-ring (bicyclic) bond motifs is 1. The standard InChI is InChI=1S/C17H25N3O3/c1-2-22-16(21)10-12-3-4-14-11-15(6-5-13(14)9-12)23-8-7-20-17(18)19/h5-6,11-12H,2-4,7-10H2,1H3,(H4,18,19,20). The molecule has 6 heteroatoms. The van der Waals surface area contributed by atoms with Crippen LogP contribution in [0.5, 0.6) is 5.75 Å². The number of guanidine groups is 1. The third kappa shape index (κ3) is 5.47. The van der Waals surface area contributed by atoms with Crippen molar-refractivity contribution in [3.8, 4) is 5.75 Å². The Balaban J connectivity index is 1.88. The molecule has 0 heterocycles. The Morgan fingerprint density at radius 1 is 1.35 bits per heavy atom. The number of hydrogen-bond donors (Lipinski definition) is 2. The van der Waals surface area contributed by atoms with Gasteiger partial charge >= 0.3 is 5.97 Å². The zero-order valence-electron chi connectivity index (χ0n) is 13.6. The molecule has 0 saturated carbocycles. The Hall–Kier alpha value is -2.24. The lowest BCUT2D eigenvalue weighted by molar-refractivity contribution is -0.144. The van der Waals surface area contributed by atoms with Crippen LogP contribution >= 0.6 is 0 Å². The van der Waals surface area contributed by atoms with Crippen molar-refractivity contribution >= 4 is 11.9 Å². The largest absolute Gasteiger partial charge is 0.492 e. The summed E-state index contributed by atoms with van der Waals surface area (Å²) in [6.07, 6.45) is 3.39. The molecule has 2 rings (SSSR count). The van der Waals surface area contributed by atoms with Crippen molar-refractivity contribution in [1.29, 1.82) is 0 Å². The van der Waals surface area contributed by atoms with Crippen LogP contribution in [0.1, 0.15) is 30.9 Å². The van der Waals surface area contributed by atoms with Gasteiger partial charge in [-0.2, -0.15) is 0 Å². The molecular weight excluding hydrogens is 294 g/mol. The maximum atomic E-state index is 11.6. The summed E-state index contributed by atoms with van der Waals surface area (Å²) in [6, 6.07) is 6.12. The summed E-state index contributed by atoms with van der Waals surface area (Å²) in [7, 11) is 0. The number of benzene rings is 1. The van der Waals surface area contributed by atoms with Crippen LogP contribution < -0.4 is 16.2 Å². The average Bonchev–Trinajstić information content (AvgIpc) is 2.51. The van der Waals surface area contributed by atoms with Gasteiger partial charge in [-0.25, -0.2) is 0 Å². The zero-order valence-corrected chi connectivity index (χ0v) is 13.6. The summed E-state index contributed by atoms with van der Waals surface area (Å²) in [5, 5.41) is 0. The lowest BCUT2D eigenvalue weighted by atomic mass is 9.82. The number of hydrogen-bond acceptors (Lipinski definition) is 4. The molecular formula is C17H25N3O3. The van der Waals surface area contributed by atoms with E-state index in [-0.39, 0.29) is 11.9 Å². The average molecular weight is 319 g/mol. The number of aliphatic imine (C=N–C) groups is 1. The predicted molar refractivity (Wildman–Crippen MR) is 89.4 cm³/mol. The molecule has 23 heavy (non-hydrogen) atoms. The molecule has 0 radical (unpaired) electrons. The Morgan fingerprint density at radius 2 is 2.17 bits per heavy atom. The van der Waals surface area contributed by atoms with Gasteiger partial charge in [-0.3, -0.25) is 9.79 Å². The predicted octanol–water partition coefficient (Wildman–Crippen LogP) is 1.40. The number of esters is 1. The molecule has 1 unspecified atom stereocenters. The molecule has 0 saturated heterocycles. The van der Waals surface area contributed by atoms with Crippen molar-refractivity contribution in [2.24, 2.45) is 22.4 Å². The van der Waals surface area contributed by atoms with Gasteiger partial charge in [0.2, 0.25) is 0 Å². The van der Waals surface area contributed by atoms with Crippen LogP contribution in [0.4, 0.5) is 0 Å². The minimum Gasteiger partial charge on any atom is -0.492 e. The number of nitrogens with zero attached hydrogens (tertiary/aromatic N) is 1. The quantitative estimate of drug-likeness (QED) is 0.342. The number of carbonyl (C=O) groups excluding carboxylic acids is 1. The summed E-state index contributed by atoms with van der Waals surface area (Å²) >= 11 is 0. The molecule has 0 amide bonds. The van der Waals surface area contributed by atoms with Crippen molar-refractivity contribution in [3.05, 3.63) is 29.3 Å². The Morgan fingerprint density at radius 3 is 2.91 bits per heavy atom. The van der Waals surface area contributed by atoms with E-state index in [1.165, 1.54) is 11.1 Å². The van der Waals surface area contributed by atoms with E-state index in [9.17, 15) is 4.79 Å². The van der Waals surface area contributed by atoms with Gasteiger partial charge in [0, 0.05) is 6.42 Å². The van der Waals surface area contributed by atoms with Crippen LogP contribution in [0.15, 0.2) is 23.2 Å². The molecule has 0 bridgehead atoms. The van der Waals surface area contributed by atoms with Gasteiger partial charge in [0.1, 0.15) is 12.4 Å². The van der Waals surface area contributed by atoms with E-state index in [0.29, 0.717) is 32.1 Å². The van der Waals surface area contributed by atoms with Gasteiger partial charge in [0.25, 0.3) is 0 Å². The SMILES string of the molecule is CCOC(=O)CC1CCc2cc(OCCN=C(N)N)ccc2C1. The third-order valence-electron chi connectivity index (χ3n) is 3.92. The van der Waals surface area contributed by atoms with Gasteiger partial charge in [-0.05, 0) is 55.4 Å². The van der Waals surface area contributed by atoms with Gasteiger partial charge in [0.05, 0.1) is 13.2 Å². The Labute approximate surface area is 136 Å². The van der Waals surface area contributed by atoms with Crippen molar-refractivity contribution in [3.63, 3.8) is 0 Å².